The Labute approximate surface area is 151 Å². The Kier molecular flexibility index (Phi) is 4.84. The minimum Gasteiger partial charge on any atom is -0.364 e. The lowest BCUT2D eigenvalue weighted by Gasteiger charge is -2.13. The summed E-state index contributed by atoms with van der Waals surface area (Å²) in [5, 5.41) is 2.83. The molecule has 0 aliphatic rings. The van der Waals surface area contributed by atoms with Crippen LogP contribution in [0.5, 0.6) is 0 Å². The molecule has 1 aromatic heterocycles. The number of nitrogens with two attached hydrogens (primary N) is 1. The normalized spacial score (nSPS) is 10.5. The van der Waals surface area contributed by atoms with Crippen LogP contribution in [0.1, 0.15) is 37.7 Å². The zero-order valence-corrected chi connectivity index (χ0v) is 14.7. The first kappa shape index (κ1) is 17.4. The lowest BCUT2D eigenvalue weighted by molar-refractivity contribution is 0.0926. The Balaban J connectivity index is 1.97. The van der Waals surface area contributed by atoms with Crippen molar-refractivity contribution in [2.75, 3.05) is 0 Å². The van der Waals surface area contributed by atoms with Gasteiger partial charge in [0.15, 0.2) is 5.69 Å². The van der Waals surface area contributed by atoms with E-state index in [1.54, 1.807) is 4.57 Å². The number of amides is 2. The van der Waals surface area contributed by atoms with Crippen LogP contribution >= 0.6 is 0 Å². The van der Waals surface area contributed by atoms with E-state index in [2.05, 4.69) is 10.3 Å². The first-order valence-electron chi connectivity index (χ1n) is 8.24. The third-order valence-corrected chi connectivity index (χ3v) is 4.12. The Morgan fingerprint density at radius 2 is 1.85 bits per heavy atom. The van der Waals surface area contributed by atoms with Gasteiger partial charge in [0.2, 0.25) is 0 Å². The molecule has 0 atom stereocenters. The lowest BCUT2D eigenvalue weighted by atomic mass is 10.1. The molecule has 2 amide bonds. The van der Waals surface area contributed by atoms with Crippen molar-refractivity contribution < 1.29 is 9.59 Å². The summed E-state index contributed by atoms with van der Waals surface area (Å²) < 4.78 is 1.61. The highest BCUT2D eigenvalue weighted by Crippen LogP contribution is 2.20. The molecular weight excluding hydrogens is 328 g/mol. The molecule has 3 N–H and O–H groups in total. The fourth-order valence-electron chi connectivity index (χ4n) is 2.87. The van der Waals surface area contributed by atoms with Crippen LogP contribution in [0.25, 0.3) is 5.69 Å². The van der Waals surface area contributed by atoms with Crippen LogP contribution in [0.15, 0.2) is 54.9 Å². The molecule has 0 bridgehead atoms. The number of rotatable bonds is 5. The summed E-state index contributed by atoms with van der Waals surface area (Å²) in [5.41, 5.74) is 9.32. The van der Waals surface area contributed by atoms with E-state index in [1.165, 1.54) is 6.33 Å². The van der Waals surface area contributed by atoms with Crippen molar-refractivity contribution in [3.05, 3.63) is 82.9 Å². The van der Waals surface area contributed by atoms with Gasteiger partial charge in [0, 0.05) is 6.54 Å². The maximum Gasteiger partial charge on any atom is 0.271 e. The van der Waals surface area contributed by atoms with E-state index >= 15 is 0 Å². The van der Waals surface area contributed by atoms with Crippen LogP contribution in [0.3, 0.4) is 0 Å². The Hall–Kier alpha value is -3.41. The van der Waals surface area contributed by atoms with Gasteiger partial charge in [0.1, 0.15) is 12.0 Å². The van der Waals surface area contributed by atoms with E-state index in [0.29, 0.717) is 6.54 Å². The molecule has 6 heteroatoms. The van der Waals surface area contributed by atoms with Crippen LogP contribution in [-0.4, -0.2) is 21.4 Å². The highest BCUT2D eigenvalue weighted by atomic mass is 16.2. The highest BCUT2D eigenvalue weighted by molar-refractivity contribution is 6.04. The summed E-state index contributed by atoms with van der Waals surface area (Å²) in [4.78, 5) is 28.6. The zero-order chi connectivity index (χ0) is 18.7. The van der Waals surface area contributed by atoms with Gasteiger partial charge in [-0.2, -0.15) is 0 Å². The minimum atomic E-state index is -0.738. The molecular formula is C20H20N4O2. The molecule has 0 radical (unpaired) electrons. The standard InChI is InChI=1S/C20H20N4O2/c1-13-8-9-16(14(2)10-13)24-12-23-17(19(21)25)18(24)20(26)22-11-15-6-4-3-5-7-15/h3-10,12H,11H2,1-2H3,(H2,21,25)(H,22,26). The second-order valence-electron chi connectivity index (χ2n) is 6.13. The third-order valence-electron chi connectivity index (χ3n) is 4.12. The van der Waals surface area contributed by atoms with Crippen LogP contribution in [0, 0.1) is 13.8 Å². The Morgan fingerprint density at radius 1 is 1.12 bits per heavy atom. The van der Waals surface area contributed by atoms with Crippen LogP contribution in [0.4, 0.5) is 0 Å². The number of carbonyl (C=O) groups excluding carboxylic acids is 2. The third kappa shape index (κ3) is 3.49. The number of primary amides is 1. The fraction of sp³-hybridized carbons (Fsp3) is 0.150. The number of hydrogen-bond acceptors (Lipinski definition) is 3. The second kappa shape index (κ2) is 7.23. The summed E-state index contributed by atoms with van der Waals surface area (Å²) in [7, 11) is 0. The van der Waals surface area contributed by atoms with Crippen molar-refractivity contribution in [1.29, 1.82) is 0 Å². The maximum absolute atomic E-state index is 12.8. The fourth-order valence-corrected chi connectivity index (χ4v) is 2.87. The number of hydrogen-bond donors (Lipinski definition) is 2. The first-order chi connectivity index (χ1) is 12.5. The van der Waals surface area contributed by atoms with Gasteiger partial charge in [-0.05, 0) is 31.0 Å². The molecule has 0 saturated carbocycles. The minimum absolute atomic E-state index is 0.0458. The van der Waals surface area contributed by atoms with Crippen molar-refractivity contribution in [3.8, 4) is 5.69 Å². The SMILES string of the molecule is Cc1ccc(-n2cnc(C(N)=O)c2C(=O)NCc2ccccc2)c(C)c1. The molecule has 0 spiro atoms. The van der Waals surface area contributed by atoms with Gasteiger partial charge in [0.25, 0.3) is 11.8 Å². The Morgan fingerprint density at radius 3 is 2.50 bits per heavy atom. The molecule has 26 heavy (non-hydrogen) atoms. The summed E-state index contributed by atoms with van der Waals surface area (Å²) in [6.45, 7) is 4.28. The average molecular weight is 348 g/mol. The number of benzene rings is 2. The van der Waals surface area contributed by atoms with Crippen molar-refractivity contribution in [2.45, 2.75) is 20.4 Å². The van der Waals surface area contributed by atoms with Crippen LogP contribution in [0.2, 0.25) is 0 Å². The molecule has 0 aliphatic heterocycles. The lowest BCUT2D eigenvalue weighted by Crippen LogP contribution is -2.28. The monoisotopic (exact) mass is 348 g/mol. The van der Waals surface area contributed by atoms with Gasteiger partial charge in [-0.15, -0.1) is 0 Å². The van der Waals surface area contributed by atoms with E-state index in [1.807, 2.05) is 62.4 Å². The number of imidazole rings is 1. The number of aryl methyl sites for hydroxylation is 2. The van der Waals surface area contributed by atoms with E-state index in [9.17, 15) is 9.59 Å². The molecule has 0 aliphatic carbocycles. The summed E-state index contributed by atoms with van der Waals surface area (Å²) in [5.74, 6) is -1.14. The molecule has 3 aromatic rings. The van der Waals surface area contributed by atoms with Crippen molar-refractivity contribution in [1.82, 2.24) is 14.9 Å². The molecule has 0 saturated heterocycles. The molecule has 0 fully saturated rings. The maximum atomic E-state index is 12.8. The van der Waals surface area contributed by atoms with E-state index in [0.717, 1.165) is 22.4 Å². The number of aromatic nitrogens is 2. The number of nitrogens with one attached hydrogen (secondary N) is 1. The second-order valence-corrected chi connectivity index (χ2v) is 6.13. The summed E-state index contributed by atoms with van der Waals surface area (Å²) in [6.07, 6.45) is 1.45. The molecule has 1 heterocycles. The van der Waals surface area contributed by atoms with Crippen molar-refractivity contribution in [3.63, 3.8) is 0 Å². The number of nitrogens with zero attached hydrogens (tertiary/aromatic N) is 2. The van der Waals surface area contributed by atoms with Gasteiger partial charge in [-0.25, -0.2) is 4.98 Å². The van der Waals surface area contributed by atoms with Gasteiger partial charge in [-0.3, -0.25) is 14.2 Å². The van der Waals surface area contributed by atoms with Crippen LogP contribution in [-0.2, 0) is 6.54 Å². The topological polar surface area (TPSA) is 90.0 Å². The predicted molar refractivity (Wildman–Crippen MR) is 99.2 cm³/mol. The smallest absolute Gasteiger partial charge is 0.271 e. The quantitative estimate of drug-likeness (QED) is 0.742. The van der Waals surface area contributed by atoms with Gasteiger partial charge in [0.05, 0.1) is 5.69 Å². The average Bonchev–Trinajstić information content (AvgIpc) is 3.05. The van der Waals surface area contributed by atoms with E-state index in [4.69, 9.17) is 5.73 Å². The summed E-state index contributed by atoms with van der Waals surface area (Å²) in [6, 6.07) is 15.4. The van der Waals surface area contributed by atoms with Crippen molar-refractivity contribution in [2.24, 2.45) is 5.73 Å². The highest BCUT2D eigenvalue weighted by Gasteiger charge is 2.23. The van der Waals surface area contributed by atoms with Gasteiger partial charge >= 0.3 is 0 Å². The van der Waals surface area contributed by atoms with Crippen molar-refractivity contribution >= 4 is 11.8 Å². The molecule has 2 aromatic carbocycles. The molecule has 132 valence electrons. The molecule has 6 nitrogen and oxygen atoms in total. The predicted octanol–water partition coefficient (Wildman–Crippen LogP) is 2.52. The van der Waals surface area contributed by atoms with E-state index in [-0.39, 0.29) is 11.4 Å². The van der Waals surface area contributed by atoms with Gasteiger partial charge in [-0.1, -0.05) is 48.0 Å². The molecule has 3 rings (SSSR count). The summed E-state index contributed by atoms with van der Waals surface area (Å²) >= 11 is 0. The zero-order valence-electron chi connectivity index (χ0n) is 14.7. The Bertz CT molecular complexity index is 961. The van der Waals surface area contributed by atoms with E-state index < -0.39 is 11.8 Å². The van der Waals surface area contributed by atoms with Crippen LogP contribution < -0.4 is 11.1 Å². The first-order valence-corrected chi connectivity index (χ1v) is 8.24. The largest absolute Gasteiger partial charge is 0.364 e. The van der Waals surface area contributed by atoms with Gasteiger partial charge < -0.3 is 11.1 Å². The number of carbonyl (C=O) groups is 2. The molecule has 0 unspecified atom stereocenters.